The molecular formula is C17H15N5. The average Bonchev–Trinajstić information content (AvgIpc) is 2.86. The summed E-state index contributed by atoms with van der Waals surface area (Å²) in [5.41, 5.74) is 6.95. The highest BCUT2D eigenvalue weighted by molar-refractivity contribution is 6.11. The van der Waals surface area contributed by atoms with Gasteiger partial charge in [0, 0.05) is 7.05 Å². The first kappa shape index (κ1) is 13.8. The molecule has 1 heterocycles. The second kappa shape index (κ2) is 5.70. The zero-order valence-corrected chi connectivity index (χ0v) is 12.4. The number of imidazole rings is 1. The lowest BCUT2D eigenvalue weighted by molar-refractivity contribution is 0.929. The molecule has 0 aliphatic rings. The van der Waals surface area contributed by atoms with Crippen molar-refractivity contribution in [3.8, 4) is 6.07 Å². The highest BCUT2D eigenvalue weighted by atomic mass is 15.3. The van der Waals surface area contributed by atoms with Crippen molar-refractivity contribution in [1.82, 2.24) is 9.55 Å². The molecule has 1 N–H and O–H groups in total. The Hall–Kier alpha value is -3.13. The largest absolute Gasteiger partial charge is 0.325 e. The van der Waals surface area contributed by atoms with Gasteiger partial charge in [0.15, 0.2) is 5.82 Å². The van der Waals surface area contributed by atoms with Crippen LogP contribution >= 0.6 is 0 Å². The van der Waals surface area contributed by atoms with Gasteiger partial charge in [-0.3, -0.25) is 5.43 Å². The summed E-state index contributed by atoms with van der Waals surface area (Å²) in [4.78, 5) is 4.48. The number of hydrazone groups is 1. The van der Waals surface area contributed by atoms with E-state index < -0.39 is 0 Å². The summed E-state index contributed by atoms with van der Waals surface area (Å²) >= 11 is 0. The maximum atomic E-state index is 9.39. The van der Waals surface area contributed by atoms with Crippen LogP contribution in [0.4, 0.5) is 5.69 Å². The maximum absolute atomic E-state index is 9.39. The number of hydrogen-bond donors (Lipinski definition) is 1. The first-order chi connectivity index (χ1) is 10.7. The average molecular weight is 289 g/mol. The van der Waals surface area contributed by atoms with Gasteiger partial charge in [-0.1, -0.05) is 24.3 Å². The van der Waals surface area contributed by atoms with Gasteiger partial charge in [0.05, 0.1) is 16.7 Å². The van der Waals surface area contributed by atoms with E-state index >= 15 is 0 Å². The number of nitriles is 1. The molecule has 0 amide bonds. The van der Waals surface area contributed by atoms with Crippen molar-refractivity contribution >= 4 is 22.4 Å². The molecule has 0 saturated heterocycles. The number of nitrogens with zero attached hydrogens (tertiary/aromatic N) is 4. The molecule has 0 atom stereocenters. The molecule has 108 valence electrons. The minimum atomic E-state index is 0.250. The van der Waals surface area contributed by atoms with E-state index in [-0.39, 0.29) is 5.71 Å². The van der Waals surface area contributed by atoms with E-state index in [1.54, 1.807) is 0 Å². The number of anilines is 1. The molecule has 0 aliphatic heterocycles. The molecule has 3 aromatic rings. The lowest BCUT2D eigenvalue weighted by Crippen LogP contribution is -2.08. The number of benzene rings is 2. The summed E-state index contributed by atoms with van der Waals surface area (Å²) in [7, 11) is 1.88. The summed E-state index contributed by atoms with van der Waals surface area (Å²) in [5, 5.41) is 13.6. The fraction of sp³-hybridized carbons (Fsp3) is 0.118. The molecule has 5 heteroatoms. The van der Waals surface area contributed by atoms with Gasteiger partial charge in [-0.05, 0) is 36.8 Å². The van der Waals surface area contributed by atoms with E-state index in [1.165, 1.54) is 0 Å². The standard InChI is InChI=1S/C17H15N5/c1-12-6-5-7-13(10-12)20-21-15(11-18)17-19-14-8-3-4-9-16(14)22(17)2/h3-10,20H,1-2H3/b21-15-. The zero-order valence-electron chi connectivity index (χ0n) is 12.4. The third-order valence-electron chi connectivity index (χ3n) is 3.42. The van der Waals surface area contributed by atoms with E-state index in [1.807, 2.05) is 67.1 Å². The number of nitrogens with one attached hydrogen (secondary N) is 1. The van der Waals surface area contributed by atoms with Crippen LogP contribution in [0.2, 0.25) is 0 Å². The molecule has 1 aromatic heterocycles. The van der Waals surface area contributed by atoms with Gasteiger partial charge in [-0.25, -0.2) is 4.98 Å². The van der Waals surface area contributed by atoms with Gasteiger partial charge in [-0.15, -0.1) is 0 Å². The first-order valence-corrected chi connectivity index (χ1v) is 6.91. The fourth-order valence-electron chi connectivity index (χ4n) is 2.32. The molecule has 0 saturated carbocycles. The number of aryl methyl sites for hydroxylation is 2. The number of aromatic nitrogens is 2. The molecule has 0 spiro atoms. The summed E-state index contributed by atoms with van der Waals surface area (Å²) in [6, 6.07) is 17.7. The second-order valence-corrected chi connectivity index (χ2v) is 5.04. The molecule has 0 radical (unpaired) electrons. The van der Waals surface area contributed by atoms with Gasteiger partial charge in [0.25, 0.3) is 0 Å². The van der Waals surface area contributed by atoms with Crippen molar-refractivity contribution in [2.75, 3.05) is 5.43 Å². The molecule has 0 unspecified atom stereocenters. The van der Waals surface area contributed by atoms with Crippen molar-refractivity contribution in [3.05, 3.63) is 59.9 Å². The van der Waals surface area contributed by atoms with Crippen LogP contribution < -0.4 is 5.43 Å². The third-order valence-corrected chi connectivity index (χ3v) is 3.42. The van der Waals surface area contributed by atoms with Crippen molar-refractivity contribution in [2.24, 2.45) is 12.1 Å². The predicted molar refractivity (Wildman–Crippen MR) is 87.7 cm³/mol. The SMILES string of the molecule is Cc1cccc(N/N=C(/C#N)c2nc3ccccc3n2C)c1. The van der Waals surface area contributed by atoms with E-state index in [2.05, 4.69) is 21.6 Å². The minimum absolute atomic E-state index is 0.250. The van der Waals surface area contributed by atoms with Crippen molar-refractivity contribution < 1.29 is 0 Å². The molecule has 0 bridgehead atoms. The Morgan fingerprint density at radius 3 is 2.77 bits per heavy atom. The highest BCUT2D eigenvalue weighted by Crippen LogP contribution is 2.15. The monoisotopic (exact) mass is 289 g/mol. The van der Waals surface area contributed by atoms with Gasteiger partial charge in [-0.2, -0.15) is 10.4 Å². The summed E-state index contributed by atoms with van der Waals surface area (Å²) in [5.74, 6) is 0.545. The van der Waals surface area contributed by atoms with Crippen LogP contribution in [0.3, 0.4) is 0 Å². The van der Waals surface area contributed by atoms with E-state index in [9.17, 15) is 5.26 Å². The Morgan fingerprint density at radius 2 is 2.05 bits per heavy atom. The summed E-state index contributed by atoms with van der Waals surface area (Å²) in [6.45, 7) is 2.01. The van der Waals surface area contributed by atoms with Crippen molar-refractivity contribution in [1.29, 1.82) is 5.26 Å². The van der Waals surface area contributed by atoms with Gasteiger partial charge in [0.2, 0.25) is 5.71 Å². The Morgan fingerprint density at radius 1 is 1.23 bits per heavy atom. The van der Waals surface area contributed by atoms with Crippen LogP contribution in [0.15, 0.2) is 53.6 Å². The van der Waals surface area contributed by atoms with Crippen LogP contribution in [-0.4, -0.2) is 15.3 Å². The molecule has 22 heavy (non-hydrogen) atoms. The number of rotatable bonds is 3. The quantitative estimate of drug-likeness (QED) is 0.594. The fourth-order valence-corrected chi connectivity index (χ4v) is 2.32. The number of para-hydroxylation sites is 2. The summed E-state index contributed by atoms with van der Waals surface area (Å²) < 4.78 is 1.87. The van der Waals surface area contributed by atoms with Crippen LogP contribution in [0.5, 0.6) is 0 Å². The lowest BCUT2D eigenvalue weighted by atomic mass is 10.2. The van der Waals surface area contributed by atoms with Crippen LogP contribution in [0.1, 0.15) is 11.4 Å². The normalized spacial score (nSPS) is 11.4. The van der Waals surface area contributed by atoms with Gasteiger partial charge in [0.1, 0.15) is 6.07 Å². The Balaban J connectivity index is 1.98. The van der Waals surface area contributed by atoms with Crippen molar-refractivity contribution in [3.63, 3.8) is 0 Å². The minimum Gasteiger partial charge on any atom is -0.325 e. The van der Waals surface area contributed by atoms with E-state index in [4.69, 9.17) is 0 Å². The Kier molecular flexibility index (Phi) is 3.58. The van der Waals surface area contributed by atoms with E-state index in [0.29, 0.717) is 5.82 Å². The number of fused-ring (bicyclic) bond motifs is 1. The Bertz CT molecular complexity index is 899. The first-order valence-electron chi connectivity index (χ1n) is 6.91. The zero-order chi connectivity index (χ0) is 15.5. The summed E-state index contributed by atoms with van der Waals surface area (Å²) in [6.07, 6.45) is 0. The third kappa shape index (κ3) is 2.54. The molecule has 2 aromatic carbocycles. The number of hydrogen-bond acceptors (Lipinski definition) is 4. The predicted octanol–water partition coefficient (Wildman–Crippen LogP) is 3.22. The van der Waals surface area contributed by atoms with Crippen LogP contribution in [-0.2, 0) is 7.05 Å². The molecule has 0 fully saturated rings. The van der Waals surface area contributed by atoms with Gasteiger partial charge >= 0.3 is 0 Å². The van der Waals surface area contributed by atoms with Crippen LogP contribution in [0.25, 0.3) is 11.0 Å². The van der Waals surface area contributed by atoms with E-state index in [0.717, 1.165) is 22.3 Å². The topological polar surface area (TPSA) is 66.0 Å². The molecule has 0 aliphatic carbocycles. The van der Waals surface area contributed by atoms with Crippen molar-refractivity contribution in [2.45, 2.75) is 6.92 Å². The van der Waals surface area contributed by atoms with Gasteiger partial charge < -0.3 is 4.57 Å². The second-order valence-electron chi connectivity index (χ2n) is 5.04. The van der Waals surface area contributed by atoms with Crippen LogP contribution in [0, 0.1) is 18.3 Å². The molecule has 5 nitrogen and oxygen atoms in total. The Labute approximate surface area is 128 Å². The smallest absolute Gasteiger partial charge is 0.203 e. The maximum Gasteiger partial charge on any atom is 0.203 e. The lowest BCUT2D eigenvalue weighted by Gasteiger charge is -2.03. The molecule has 3 rings (SSSR count). The molecular weight excluding hydrogens is 274 g/mol. The highest BCUT2D eigenvalue weighted by Gasteiger charge is 2.13.